The Morgan fingerprint density at radius 1 is 1.33 bits per heavy atom. The lowest BCUT2D eigenvalue weighted by Crippen LogP contribution is -1.91. The van der Waals surface area contributed by atoms with Crippen molar-refractivity contribution in [3.05, 3.63) is 28.8 Å². The Hall–Kier alpha value is -0.550. The Morgan fingerprint density at radius 2 is 2.00 bits per heavy atom. The molecule has 0 aliphatic heterocycles. The molecule has 2 heteroatoms. The fourth-order valence-electron chi connectivity index (χ4n) is 1.52. The maximum atomic E-state index is 5.21. The molecule has 0 saturated carbocycles. The van der Waals surface area contributed by atoms with E-state index in [1.807, 2.05) is 0 Å². The van der Waals surface area contributed by atoms with Crippen molar-refractivity contribution >= 4 is 9.47 Å². The van der Waals surface area contributed by atoms with Crippen LogP contribution in [0.1, 0.15) is 23.6 Å². The lowest BCUT2D eigenvalue weighted by molar-refractivity contribution is 0.633. The number of benzene rings is 1. The van der Waals surface area contributed by atoms with Gasteiger partial charge in [0.25, 0.3) is 0 Å². The van der Waals surface area contributed by atoms with Gasteiger partial charge in [-0.25, -0.2) is 0 Å². The van der Waals surface area contributed by atoms with Crippen LogP contribution in [-0.2, 0) is 6.42 Å². The van der Waals surface area contributed by atoms with Crippen LogP contribution in [0.3, 0.4) is 0 Å². The van der Waals surface area contributed by atoms with E-state index in [2.05, 4.69) is 42.4 Å². The molecule has 0 heterocycles. The zero-order valence-corrected chi connectivity index (χ0v) is 9.00. The van der Waals surface area contributed by atoms with Gasteiger partial charge in [0.05, 0.1) is 9.47 Å². The highest BCUT2D eigenvalue weighted by Gasteiger charge is 2.04. The van der Waals surface area contributed by atoms with E-state index in [0.29, 0.717) is 0 Å². The maximum absolute atomic E-state index is 5.21. The van der Waals surface area contributed by atoms with Crippen LogP contribution in [0.2, 0.25) is 0 Å². The van der Waals surface area contributed by atoms with Crippen LogP contribution >= 0.6 is 9.47 Å². The summed E-state index contributed by atoms with van der Waals surface area (Å²) in [7, 11) is 2.30. The van der Waals surface area contributed by atoms with E-state index in [0.717, 1.165) is 12.2 Å². The first-order valence-electron chi connectivity index (χ1n) is 4.16. The average molecular weight is 182 g/mol. The zero-order chi connectivity index (χ0) is 9.14. The summed E-state index contributed by atoms with van der Waals surface area (Å²) < 4.78 is 5.21. The van der Waals surface area contributed by atoms with E-state index in [9.17, 15) is 0 Å². The standard InChI is InChI=1S/C10H15OP/c1-4-9-8(3)5-7(2)6-10(9)11-12/h5-6H,4,12H2,1-3H3. The highest BCUT2D eigenvalue weighted by Crippen LogP contribution is 2.25. The molecule has 0 fully saturated rings. The van der Waals surface area contributed by atoms with Crippen LogP contribution < -0.4 is 4.52 Å². The second kappa shape index (κ2) is 3.91. The van der Waals surface area contributed by atoms with Crippen molar-refractivity contribution in [1.29, 1.82) is 0 Å². The Balaban J connectivity index is 3.24. The molecule has 0 aromatic heterocycles. The van der Waals surface area contributed by atoms with Gasteiger partial charge in [0, 0.05) is 0 Å². The van der Waals surface area contributed by atoms with Gasteiger partial charge in [-0.2, -0.15) is 0 Å². The second-order valence-electron chi connectivity index (χ2n) is 3.03. The molecule has 1 atom stereocenters. The summed E-state index contributed by atoms with van der Waals surface area (Å²) >= 11 is 0. The van der Waals surface area contributed by atoms with Crippen LogP contribution in [0.5, 0.6) is 5.75 Å². The Kier molecular flexibility index (Phi) is 3.11. The predicted molar refractivity (Wildman–Crippen MR) is 55.6 cm³/mol. The number of hydrogen-bond donors (Lipinski definition) is 0. The smallest absolute Gasteiger partial charge is 0.126 e. The first-order valence-corrected chi connectivity index (χ1v) is 4.63. The first-order chi connectivity index (χ1) is 5.69. The number of aryl methyl sites for hydroxylation is 2. The summed E-state index contributed by atoms with van der Waals surface area (Å²) in [4.78, 5) is 0. The summed E-state index contributed by atoms with van der Waals surface area (Å²) in [5.74, 6) is 0.986. The predicted octanol–water partition coefficient (Wildman–Crippen LogP) is 3.03. The molecule has 0 radical (unpaired) electrons. The molecule has 0 aliphatic rings. The molecule has 0 aliphatic carbocycles. The minimum atomic E-state index is 0.986. The van der Waals surface area contributed by atoms with Crippen LogP contribution in [0.25, 0.3) is 0 Å². The third-order valence-corrected chi connectivity index (χ3v) is 2.31. The molecule has 1 unspecified atom stereocenters. The summed E-state index contributed by atoms with van der Waals surface area (Å²) in [5.41, 5.74) is 3.87. The molecule has 12 heavy (non-hydrogen) atoms. The van der Waals surface area contributed by atoms with Crippen molar-refractivity contribution in [2.75, 3.05) is 0 Å². The Labute approximate surface area is 76.4 Å². The van der Waals surface area contributed by atoms with E-state index in [1.165, 1.54) is 16.7 Å². The number of hydrogen-bond acceptors (Lipinski definition) is 1. The van der Waals surface area contributed by atoms with Gasteiger partial charge in [0.15, 0.2) is 0 Å². The topological polar surface area (TPSA) is 9.23 Å². The largest absolute Gasteiger partial charge is 0.480 e. The van der Waals surface area contributed by atoms with Gasteiger partial charge in [-0.1, -0.05) is 13.0 Å². The molecular weight excluding hydrogens is 167 g/mol. The van der Waals surface area contributed by atoms with Crippen molar-refractivity contribution in [3.63, 3.8) is 0 Å². The fourth-order valence-corrected chi connectivity index (χ4v) is 1.73. The fraction of sp³-hybridized carbons (Fsp3) is 0.400. The van der Waals surface area contributed by atoms with Crippen LogP contribution in [-0.4, -0.2) is 0 Å². The Morgan fingerprint density at radius 3 is 2.50 bits per heavy atom. The van der Waals surface area contributed by atoms with Crippen LogP contribution in [0.15, 0.2) is 12.1 Å². The van der Waals surface area contributed by atoms with Gasteiger partial charge in [0.2, 0.25) is 0 Å². The van der Waals surface area contributed by atoms with E-state index < -0.39 is 0 Å². The van der Waals surface area contributed by atoms with Gasteiger partial charge in [-0.05, 0) is 43.0 Å². The minimum Gasteiger partial charge on any atom is -0.480 e. The summed E-state index contributed by atoms with van der Waals surface area (Å²) in [5, 5.41) is 0. The molecule has 1 aromatic carbocycles. The zero-order valence-electron chi connectivity index (χ0n) is 7.85. The SMILES string of the molecule is CCc1c(C)cc(C)cc1OP. The van der Waals surface area contributed by atoms with Crippen molar-refractivity contribution < 1.29 is 4.52 Å². The second-order valence-corrected chi connectivity index (χ2v) is 3.27. The summed E-state index contributed by atoms with van der Waals surface area (Å²) in [6.45, 7) is 6.35. The normalized spacial score (nSPS) is 10.0. The highest BCUT2D eigenvalue weighted by molar-refractivity contribution is 7.10. The third kappa shape index (κ3) is 1.78. The quantitative estimate of drug-likeness (QED) is 0.639. The molecule has 1 rings (SSSR count). The third-order valence-electron chi connectivity index (χ3n) is 2.06. The van der Waals surface area contributed by atoms with Crippen molar-refractivity contribution in [2.45, 2.75) is 27.2 Å². The van der Waals surface area contributed by atoms with E-state index in [1.54, 1.807) is 0 Å². The highest BCUT2D eigenvalue weighted by atomic mass is 31.0. The molecule has 1 nitrogen and oxygen atoms in total. The Bertz CT molecular complexity index is 281. The lowest BCUT2D eigenvalue weighted by atomic mass is 10.0. The van der Waals surface area contributed by atoms with E-state index >= 15 is 0 Å². The maximum Gasteiger partial charge on any atom is 0.126 e. The van der Waals surface area contributed by atoms with Gasteiger partial charge in [-0.15, -0.1) is 0 Å². The summed E-state index contributed by atoms with van der Waals surface area (Å²) in [6.07, 6.45) is 1.02. The molecule has 0 amide bonds. The van der Waals surface area contributed by atoms with Crippen molar-refractivity contribution in [2.24, 2.45) is 0 Å². The van der Waals surface area contributed by atoms with E-state index in [4.69, 9.17) is 4.52 Å². The lowest BCUT2D eigenvalue weighted by Gasteiger charge is -2.10. The summed E-state index contributed by atoms with van der Waals surface area (Å²) in [6, 6.07) is 4.25. The molecule has 1 aromatic rings. The van der Waals surface area contributed by atoms with Crippen LogP contribution in [0, 0.1) is 13.8 Å². The molecule has 0 N–H and O–H groups in total. The van der Waals surface area contributed by atoms with Crippen LogP contribution in [0.4, 0.5) is 0 Å². The van der Waals surface area contributed by atoms with E-state index in [-0.39, 0.29) is 0 Å². The van der Waals surface area contributed by atoms with Crippen molar-refractivity contribution in [1.82, 2.24) is 0 Å². The molecule has 0 spiro atoms. The monoisotopic (exact) mass is 182 g/mol. The van der Waals surface area contributed by atoms with Gasteiger partial charge < -0.3 is 4.52 Å². The molecule has 66 valence electrons. The van der Waals surface area contributed by atoms with Gasteiger partial charge >= 0.3 is 0 Å². The average Bonchev–Trinajstić information content (AvgIpc) is 2.03. The van der Waals surface area contributed by atoms with Crippen molar-refractivity contribution in [3.8, 4) is 5.75 Å². The molecule has 0 saturated heterocycles. The van der Waals surface area contributed by atoms with Gasteiger partial charge in [0.1, 0.15) is 5.75 Å². The molecule has 0 bridgehead atoms. The van der Waals surface area contributed by atoms with Gasteiger partial charge in [-0.3, -0.25) is 0 Å². The minimum absolute atomic E-state index is 0.986. The number of rotatable bonds is 2. The molecular formula is C10H15OP. The first kappa shape index (κ1) is 9.54.